The van der Waals surface area contributed by atoms with Gasteiger partial charge in [-0.15, -0.1) is 11.3 Å². The van der Waals surface area contributed by atoms with Crippen LogP contribution in [0.25, 0.3) is 0 Å². The fourth-order valence-electron chi connectivity index (χ4n) is 1.86. The smallest absolute Gasteiger partial charge is 0.317 e. The molecule has 18 heavy (non-hydrogen) atoms. The SMILES string of the molecule is CC(CNC(=O)N1CCc2sccc2C1)C(=O)O. The maximum Gasteiger partial charge on any atom is 0.317 e. The van der Waals surface area contributed by atoms with Crippen molar-refractivity contribution in [3.8, 4) is 0 Å². The molecule has 1 unspecified atom stereocenters. The van der Waals surface area contributed by atoms with Crippen molar-refractivity contribution in [2.24, 2.45) is 5.92 Å². The van der Waals surface area contributed by atoms with Gasteiger partial charge in [-0.2, -0.15) is 0 Å². The molecule has 2 N–H and O–H groups in total. The van der Waals surface area contributed by atoms with E-state index in [9.17, 15) is 9.59 Å². The first-order valence-electron chi connectivity index (χ1n) is 5.88. The Bertz CT molecular complexity index is 458. The molecule has 0 radical (unpaired) electrons. The molecule has 2 amide bonds. The van der Waals surface area contributed by atoms with Gasteiger partial charge in [0.1, 0.15) is 0 Å². The van der Waals surface area contributed by atoms with Crippen molar-refractivity contribution in [3.63, 3.8) is 0 Å². The second-order valence-corrected chi connectivity index (χ2v) is 5.47. The molecule has 6 heteroatoms. The van der Waals surface area contributed by atoms with Crippen molar-refractivity contribution in [1.29, 1.82) is 0 Å². The van der Waals surface area contributed by atoms with Crippen LogP contribution in [0.5, 0.6) is 0 Å². The molecule has 0 bridgehead atoms. The number of fused-ring (bicyclic) bond motifs is 1. The fourth-order valence-corrected chi connectivity index (χ4v) is 2.75. The summed E-state index contributed by atoms with van der Waals surface area (Å²) in [6, 6.07) is 1.86. The van der Waals surface area contributed by atoms with Crippen molar-refractivity contribution >= 4 is 23.3 Å². The zero-order chi connectivity index (χ0) is 13.1. The lowest BCUT2D eigenvalue weighted by Crippen LogP contribution is -2.44. The Morgan fingerprint density at radius 1 is 1.61 bits per heavy atom. The van der Waals surface area contributed by atoms with Gasteiger partial charge >= 0.3 is 12.0 Å². The first-order valence-corrected chi connectivity index (χ1v) is 6.76. The van der Waals surface area contributed by atoms with Gasteiger partial charge in [-0.1, -0.05) is 6.92 Å². The molecule has 2 heterocycles. The highest BCUT2D eigenvalue weighted by Crippen LogP contribution is 2.23. The Labute approximate surface area is 109 Å². The molecule has 0 aliphatic carbocycles. The molecule has 98 valence electrons. The monoisotopic (exact) mass is 268 g/mol. The molecule has 1 aliphatic rings. The number of carbonyl (C=O) groups excluding carboxylic acids is 1. The minimum atomic E-state index is -0.894. The Balaban J connectivity index is 1.86. The first kappa shape index (κ1) is 12.9. The summed E-state index contributed by atoms with van der Waals surface area (Å²) in [7, 11) is 0. The number of aliphatic carboxylic acids is 1. The average Bonchev–Trinajstić information content (AvgIpc) is 2.82. The molecule has 1 aliphatic heterocycles. The summed E-state index contributed by atoms with van der Waals surface area (Å²) in [5.74, 6) is -1.45. The second-order valence-electron chi connectivity index (χ2n) is 4.47. The predicted molar refractivity (Wildman–Crippen MR) is 68.6 cm³/mol. The maximum absolute atomic E-state index is 11.9. The van der Waals surface area contributed by atoms with Gasteiger partial charge < -0.3 is 15.3 Å². The highest BCUT2D eigenvalue weighted by atomic mass is 32.1. The summed E-state index contributed by atoms with van der Waals surface area (Å²) < 4.78 is 0. The van der Waals surface area contributed by atoms with E-state index < -0.39 is 11.9 Å². The van der Waals surface area contributed by atoms with Crippen LogP contribution in [-0.4, -0.2) is 35.1 Å². The van der Waals surface area contributed by atoms with Crippen molar-refractivity contribution in [3.05, 3.63) is 21.9 Å². The zero-order valence-corrected chi connectivity index (χ0v) is 11.0. The van der Waals surface area contributed by atoms with E-state index in [0.717, 1.165) is 6.42 Å². The van der Waals surface area contributed by atoms with Crippen LogP contribution in [0, 0.1) is 5.92 Å². The molecule has 5 nitrogen and oxygen atoms in total. The number of carboxylic acids is 1. The van der Waals surface area contributed by atoms with Crippen LogP contribution in [0.15, 0.2) is 11.4 Å². The third-order valence-electron chi connectivity index (χ3n) is 3.08. The summed E-state index contributed by atoms with van der Waals surface area (Å²) in [6.45, 7) is 3.06. The number of hydrogen-bond donors (Lipinski definition) is 2. The van der Waals surface area contributed by atoms with Gasteiger partial charge in [0, 0.05) is 24.5 Å². The largest absolute Gasteiger partial charge is 0.481 e. The topological polar surface area (TPSA) is 69.6 Å². The molecule has 0 aromatic carbocycles. The van der Waals surface area contributed by atoms with Crippen LogP contribution < -0.4 is 5.32 Å². The van der Waals surface area contributed by atoms with Crippen LogP contribution in [0.1, 0.15) is 17.4 Å². The molecular weight excluding hydrogens is 252 g/mol. The predicted octanol–water partition coefficient (Wildman–Crippen LogP) is 1.54. The van der Waals surface area contributed by atoms with Crippen molar-refractivity contribution < 1.29 is 14.7 Å². The number of urea groups is 1. The maximum atomic E-state index is 11.9. The van der Waals surface area contributed by atoms with Crippen LogP contribution >= 0.6 is 11.3 Å². The summed E-state index contributed by atoms with van der Waals surface area (Å²) in [5.41, 5.74) is 1.20. The highest BCUT2D eigenvalue weighted by Gasteiger charge is 2.22. The lowest BCUT2D eigenvalue weighted by Gasteiger charge is -2.27. The zero-order valence-electron chi connectivity index (χ0n) is 10.2. The summed E-state index contributed by atoms with van der Waals surface area (Å²) in [6.07, 6.45) is 0.884. The summed E-state index contributed by atoms with van der Waals surface area (Å²) >= 11 is 1.73. The lowest BCUT2D eigenvalue weighted by molar-refractivity contribution is -0.140. The van der Waals surface area contributed by atoms with E-state index in [1.54, 1.807) is 23.2 Å². The Morgan fingerprint density at radius 2 is 2.39 bits per heavy atom. The third-order valence-corrected chi connectivity index (χ3v) is 4.10. The van der Waals surface area contributed by atoms with E-state index in [1.165, 1.54) is 10.4 Å². The summed E-state index contributed by atoms with van der Waals surface area (Å²) in [5, 5.41) is 13.5. The van der Waals surface area contributed by atoms with Gasteiger partial charge in [0.15, 0.2) is 0 Å². The van der Waals surface area contributed by atoms with E-state index in [4.69, 9.17) is 5.11 Å². The number of nitrogens with zero attached hydrogens (tertiary/aromatic N) is 1. The Kier molecular flexibility index (Phi) is 3.86. The van der Waals surface area contributed by atoms with Crippen LogP contribution in [-0.2, 0) is 17.8 Å². The second kappa shape index (κ2) is 5.39. The molecule has 1 atom stereocenters. The van der Waals surface area contributed by atoms with Gasteiger partial charge in [-0.3, -0.25) is 4.79 Å². The van der Waals surface area contributed by atoms with Crippen molar-refractivity contribution in [2.75, 3.05) is 13.1 Å². The molecular formula is C12H16N2O3S. The number of rotatable bonds is 3. The average molecular weight is 268 g/mol. The quantitative estimate of drug-likeness (QED) is 0.873. The Morgan fingerprint density at radius 3 is 3.11 bits per heavy atom. The standard InChI is InChI=1S/C12H16N2O3S/c1-8(11(15)16)6-13-12(17)14-4-2-10-9(7-14)3-5-18-10/h3,5,8H,2,4,6-7H2,1H3,(H,13,17)(H,15,16). The summed E-state index contributed by atoms with van der Waals surface area (Å²) in [4.78, 5) is 25.6. The third kappa shape index (κ3) is 2.81. The van der Waals surface area contributed by atoms with E-state index in [0.29, 0.717) is 13.1 Å². The number of nitrogens with one attached hydrogen (secondary N) is 1. The number of carboxylic acid groups (broad SMARTS) is 1. The first-order chi connectivity index (χ1) is 8.58. The normalized spacial score (nSPS) is 15.9. The van der Waals surface area contributed by atoms with Crippen LogP contribution in [0.2, 0.25) is 0 Å². The minimum absolute atomic E-state index is 0.168. The van der Waals surface area contributed by atoms with Gasteiger partial charge in [-0.05, 0) is 23.4 Å². The fraction of sp³-hybridized carbons (Fsp3) is 0.500. The number of amides is 2. The molecule has 1 aromatic rings. The molecule has 1 aromatic heterocycles. The van der Waals surface area contributed by atoms with Crippen molar-refractivity contribution in [2.45, 2.75) is 19.9 Å². The van der Waals surface area contributed by atoms with E-state index in [1.807, 2.05) is 11.4 Å². The molecule has 2 rings (SSSR count). The van der Waals surface area contributed by atoms with Gasteiger partial charge in [-0.25, -0.2) is 4.79 Å². The minimum Gasteiger partial charge on any atom is -0.481 e. The van der Waals surface area contributed by atoms with E-state index in [-0.39, 0.29) is 12.6 Å². The lowest BCUT2D eigenvalue weighted by atomic mass is 10.1. The van der Waals surface area contributed by atoms with Crippen LogP contribution in [0.4, 0.5) is 4.79 Å². The molecule has 0 spiro atoms. The van der Waals surface area contributed by atoms with Crippen molar-refractivity contribution in [1.82, 2.24) is 10.2 Å². The van der Waals surface area contributed by atoms with E-state index in [2.05, 4.69) is 5.32 Å². The molecule has 0 saturated heterocycles. The van der Waals surface area contributed by atoms with Gasteiger partial charge in [0.25, 0.3) is 0 Å². The van der Waals surface area contributed by atoms with E-state index >= 15 is 0 Å². The molecule has 0 saturated carbocycles. The number of hydrogen-bond acceptors (Lipinski definition) is 3. The van der Waals surface area contributed by atoms with Crippen LogP contribution in [0.3, 0.4) is 0 Å². The number of carbonyl (C=O) groups is 2. The van der Waals surface area contributed by atoms with Gasteiger partial charge in [0.2, 0.25) is 0 Å². The van der Waals surface area contributed by atoms with Gasteiger partial charge in [0.05, 0.1) is 5.92 Å². The Hall–Kier alpha value is -1.56. The number of thiophene rings is 1. The molecule has 0 fully saturated rings. The highest BCUT2D eigenvalue weighted by molar-refractivity contribution is 7.10.